The first-order chi connectivity index (χ1) is 14.8. The monoisotopic (exact) mass is 500 g/mol. The van der Waals surface area contributed by atoms with Gasteiger partial charge in [-0.2, -0.15) is 0 Å². The van der Waals surface area contributed by atoms with Crippen molar-refractivity contribution in [1.82, 2.24) is 10.2 Å². The van der Waals surface area contributed by atoms with E-state index in [1.165, 1.54) is 11.8 Å². The van der Waals surface area contributed by atoms with Gasteiger partial charge >= 0.3 is 0 Å². The molecule has 0 heterocycles. The van der Waals surface area contributed by atoms with Crippen molar-refractivity contribution < 1.29 is 9.59 Å². The van der Waals surface area contributed by atoms with E-state index in [4.69, 9.17) is 34.8 Å². The van der Waals surface area contributed by atoms with Gasteiger partial charge in [0.1, 0.15) is 6.04 Å². The lowest BCUT2D eigenvalue weighted by molar-refractivity contribution is -0.138. The van der Waals surface area contributed by atoms with Crippen molar-refractivity contribution in [3.8, 4) is 0 Å². The van der Waals surface area contributed by atoms with E-state index in [0.29, 0.717) is 33.9 Å². The number of carbonyl (C=O) groups excluding carboxylic acids is 2. The van der Waals surface area contributed by atoms with Gasteiger partial charge in [-0.1, -0.05) is 66.3 Å². The molecule has 1 atom stereocenters. The normalized spacial score (nSPS) is 11.8. The second kappa shape index (κ2) is 13.2. The molecular formula is C23H27Cl3N2O2S. The van der Waals surface area contributed by atoms with Crippen LogP contribution in [0.5, 0.6) is 0 Å². The molecule has 0 aliphatic heterocycles. The second-order valence-corrected chi connectivity index (χ2v) is 9.40. The zero-order valence-corrected chi connectivity index (χ0v) is 20.8. The second-order valence-electron chi connectivity index (χ2n) is 7.17. The Kier molecular flexibility index (Phi) is 11.0. The third-order valence-corrected chi connectivity index (χ3v) is 6.66. The van der Waals surface area contributed by atoms with Gasteiger partial charge in [-0.15, -0.1) is 11.8 Å². The maximum absolute atomic E-state index is 13.1. The number of halogens is 3. The molecule has 2 amide bonds. The molecule has 0 saturated heterocycles. The number of rotatable bonds is 11. The quantitative estimate of drug-likeness (QED) is 0.372. The average molecular weight is 502 g/mol. The molecule has 2 aromatic rings. The molecule has 1 N–H and O–H groups in total. The van der Waals surface area contributed by atoms with Crippen LogP contribution in [-0.4, -0.2) is 35.1 Å². The summed E-state index contributed by atoms with van der Waals surface area (Å²) in [4.78, 5) is 27.3. The van der Waals surface area contributed by atoms with Crippen LogP contribution in [0.3, 0.4) is 0 Å². The predicted octanol–water partition coefficient (Wildman–Crippen LogP) is 6.21. The standard InChI is InChI=1S/C23H27Cl3N2O2S/c1-3-4-11-27-23(30)16(2)28(13-17-7-5-8-18(24)12-17)22(29)15-31-14-19-20(25)9-6-10-21(19)26/h5-10,12,16H,3-4,11,13-15H2,1-2H3,(H,27,30). The minimum Gasteiger partial charge on any atom is -0.354 e. The first-order valence-corrected chi connectivity index (χ1v) is 12.4. The van der Waals surface area contributed by atoms with Gasteiger partial charge in [0.15, 0.2) is 0 Å². The minimum atomic E-state index is -0.604. The van der Waals surface area contributed by atoms with Crippen LogP contribution in [0.4, 0.5) is 0 Å². The van der Waals surface area contributed by atoms with E-state index in [2.05, 4.69) is 12.2 Å². The van der Waals surface area contributed by atoms with E-state index in [1.54, 1.807) is 42.2 Å². The minimum absolute atomic E-state index is 0.133. The largest absolute Gasteiger partial charge is 0.354 e. The summed E-state index contributed by atoms with van der Waals surface area (Å²) in [5.41, 5.74) is 1.67. The fourth-order valence-electron chi connectivity index (χ4n) is 2.94. The lowest BCUT2D eigenvalue weighted by atomic mass is 10.1. The maximum Gasteiger partial charge on any atom is 0.242 e. The number of amides is 2. The highest BCUT2D eigenvalue weighted by atomic mass is 35.5. The molecule has 2 rings (SSSR count). The van der Waals surface area contributed by atoms with Gasteiger partial charge in [0.2, 0.25) is 11.8 Å². The van der Waals surface area contributed by atoms with Crippen LogP contribution in [0.25, 0.3) is 0 Å². The Morgan fingerprint density at radius 1 is 1.10 bits per heavy atom. The van der Waals surface area contributed by atoms with E-state index in [-0.39, 0.29) is 17.6 Å². The third kappa shape index (κ3) is 8.23. The summed E-state index contributed by atoms with van der Waals surface area (Å²) in [7, 11) is 0. The molecule has 0 fully saturated rings. The molecule has 168 valence electrons. The Morgan fingerprint density at radius 2 is 1.77 bits per heavy atom. The van der Waals surface area contributed by atoms with Gasteiger partial charge in [-0.25, -0.2) is 0 Å². The molecule has 0 spiro atoms. The smallest absolute Gasteiger partial charge is 0.242 e. The lowest BCUT2D eigenvalue weighted by Crippen LogP contribution is -2.48. The first-order valence-electron chi connectivity index (χ1n) is 10.2. The van der Waals surface area contributed by atoms with Crippen LogP contribution in [0.15, 0.2) is 42.5 Å². The van der Waals surface area contributed by atoms with E-state index >= 15 is 0 Å². The molecule has 0 saturated carbocycles. The molecule has 1 unspecified atom stereocenters. The summed E-state index contributed by atoms with van der Waals surface area (Å²) in [6, 6.07) is 12.0. The highest BCUT2D eigenvalue weighted by Crippen LogP contribution is 2.28. The summed E-state index contributed by atoms with van der Waals surface area (Å²) in [5, 5.41) is 4.65. The first kappa shape index (κ1) is 25.9. The number of benzene rings is 2. The zero-order valence-electron chi connectivity index (χ0n) is 17.7. The van der Waals surface area contributed by atoms with Crippen LogP contribution in [0.2, 0.25) is 15.1 Å². The molecule has 2 aromatic carbocycles. The third-order valence-electron chi connectivity index (χ3n) is 4.77. The van der Waals surface area contributed by atoms with E-state index in [1.807, 2.05) is 12.1 Å². The fraction of sp³-hybridized carbons (Fsp3) is 0.391. The van der Waals surface area contributed by atoms with Crippen molar-refractivity contribution in [2.45, 2.75) is 45.0 Å². The van der Waals surface area contributed by atoms with E-state index < -0.39 is 6.04 Å². The molecule has 0 aliphatic carbocycles. The topological polar surface area (TPSA) is 49.4 Å². The Hall–Kier alpha value is -1.40. The molecular weight excluding hydrogens is 475 g/mol. The van der Waals surface area contributed by atoms with Crippen LogP contribution in [-0.2, 0) is 21.9 Å². The number of nitrogens with one attached hydrogen (secondary N) is 1. The molecule has 8 heteroatoms. The number of hydrogen-bond acceptors (Lipinski definition) is 3. The van der Waals surface area contributed by atoms with Crippen LogP contribution in [0.1, 0.15) is 37.8 Å². The average Bonchev–Trinajstić information content (AvgIpc) is 2.73. The van der Waals surface area contributed by atoms with Crippen molar-refractivity contribution in [2.24, 2.45) is 0 Å². The summed E-state index contributed by atoms with van der Waals surface area (Å²) in [6.45, 7) is 4.71. The van der Waals surface area contributed by atoms with Crippen LogP contribution >= 0.6 is 46.6 Å². The summed E-state index contributed by atoms with van der Waals surface area (Å²) >= 11 is 20.0. The van der Waals surface area contributed by atoms with Gasteiger partial charge in [0.05, 0.1) is 5.75 Å². The lowest BCUT2D eigenvalue weighted by Gasteiger charge is -2.29. The van der Waals surface area contributed by atoms with E-state index in [9.17, 15) is 9.59 Å². The Balaban J connectivity index is 2.08. The maximum atomic E-state index is 13.1. The van der Waals surface area contributed by atoms with Crippen molar-refractivity contribution in [3.63, 3.8) is 0 Å². The van der Waals surface area contributed by atoms with Crippen molar-refractivity contribution in [1.29, 1.82) is 0 Å². The molecule has 0 aromatic heterocycles. The van der Waals surface area contributed by atoms with Crippen molar-refractivity contribution in [2.75, 3.05) is 12.3 Å². The SMILES string of the molecule is CCCCNC(=O)C(C)N(Cc1cccc(Cl)c1)C(=O)CSCc1c(Cl)cccc1Cl. The highest BCUT2D eigenvalue weighted by Gasteiger charge is 2.26. The highest BCUT2D eigenvalue weighted by molar-refractivity contribution is 7.99. The van der Waals surface area contributed by atoms with Crippen molar-refractivity contribution >= 4 is 58.4 Å². The molecule has 0 radical (unpaired) electrons. The number of unbranched alkanes of at least 4 members (excludes halogenated alkanes) is 1. The Bertz CT molecular complexity index is 875. The molecule has 4 nitrogen and oxygen atoms in total. The number of hydrogen-bond donors (Lipinski definition) is 1. The number of thioether (sulfide) groups is 1. The fourth-order valence-corrected chi connectivity index (χ4v) is 4.80. The molecule has 0 bridgehead atoms. The Labute approximate surface area is 203 Å². The van der Waals surface area contributed by atoms with Crippen LogP contribution < -0.4 is 5.32 Å². The van der Waals surface area contributed by atoms with Gasteiger partial charge in [0, 0.05) is 33.9 Å². The Morgan fingerprint density at radius 3 is 2.42 bits per heavy atom. The van der Waals surface area contributed by atoms with Gasteiger partial charge in [-0.05, 0) is 48.7 Å². The van der Waals surface area contributed by atoms with E-state index in [0.717, 1.165) is 24.0 Å². The molecule has 0 aliphatic rings. The summed E-state index contributed by atoms with van der Waals surface area (Å²) in [5.74, 6) is 0.412. The number of nitrogens with zero attached hydrogens (tertiary/aromatic N) is 1. The summed E-state index contributed by atoms with van der Waals surface area (Å²) in [6.07, 6.45) is 1.89. The molecule has 31 heavy (non-hydrogen) atoms. The van der Waals surface area contributed by atoms with Gasteiger partial charge in [-0.3, -0.25) is 9.59 Å². The van der Waals surface area contributed by atoms with Gasteiger partial charge in [0.25, 0.3) is 0 Å². The van der Waals surface area contributed by atoms with Gasteiger partial charge < -0.3 is 10.2 Å². The van der Waals surface area contributed by atoms with Crippen molar-refractivity contribution in [3.05, 3.63) is 68.7 Å². The zero-order chi connectivity index (χ0) is 22.8. The van der Waals surface area contributed by atoms with Crippen LogP contribution in [0, 0.1) is 0 Å². The summed E-state index contributed by atoms with van der Waals surface area (Å²) < 4.78 is 0. The number of carbonyl (C=O) groups is 2. The predicted molar refractivity (Wildman–Crippen MR) is 132 cm³/mol.